The van der Waals surface area contributed by atoms with Crippen LogP contribution >= 0.6 is 0 Å². The van der Waals surface area contributed by atoms with Crippen LogP contribution in [0.3, 0.4) is 0 Å². The Hall–Kier alpha value is -1.30. The van der Waals surface area contributed by atoms with Gasteiger partial charge in [0.05, 0.1) is 20.3 Å². The van der Waals surface area contributed by atoms with Gasteiger partial charge >= 0.3 is 0 Å². The number of hydrogen-bond acceptors (Lipinski definition) is 5. The van der Waals surface area contributed by atoms with Gasteiger partial charge < -0.3 is 25.2 Å². The number of rotatable bonds is 9. The molecule has 0 aromatic heterocycles. The van der Waals surface area contributed by atoms with E-state index < -0.39 is 0 Å². The Morgan fingerprint density at radius 1 is 1.16 bits per heavy atom. The maximum absolute atomic E-state index is 9.09. The molecule has 0 spiro atoms. The van der Waals surface area contributed by atoms with Crippen molar-refractivity contribution in [3.05, 3.63) is 23.8 Å². The lowest BCUT2D eigenvalue weighted by molar-refractivity contribution is 0.191. The fourth-order valence-corrected chi connectivity index (χ4v) is 1.71. The van der Waals surface area contributed by atoms with Crippen molar-refractivity contribution < 1.29 is 14.6 Å². The number of benzene rings is 1. The van der Waals surface area contributed by atoms with Gasteiger partial charge in [-0.25, -0.2) is 0 Å². The van der Waals surface area contributed by atoms with Crippen LogP contribution in [0.2, 0.25) is 0 Å². The van der Waals surface area contributed by atoms with E-state index in [1.165, 1.54) is 0 Å². The zero-order valence-corrected chi connectivity index (χ0v) is 11.9. The van der Waals surface area contributed by atoms with E-state index in [4.69, 9.17) is 14.6 Å². The van der Waals surface area contributed by atoms with Crippen molar-refractivity contribution in [1.82, 2.24) is 10.6 Å². The Bertz CT molecular complexity index is 370. The molecule has 0 saturated carbocycles. The summed E-state index contributed by atoms with van der Waals surface area (Å²) in [5, 5.41) is 15.6. The quantitative estimate of drug-likeness (QED) is 0.577. The average Bonchev–Trinajstić information content (AvgIpc) is 2.42. The summed E-state index contributed by atoms with van der Waals surface area (Å²) < 4.78 is 10.5. The minimum absolute atomic E-state index is 0.304. The van der Waals surface area contributed by atoms with E-state index in [1.807, 2.05) is 18.2 Å². The van der Waals surface area contributed by atoms with Crippen LogP contribution < -0.4 is 20.1 Å². The predicted octanol–water partition coefficient (Wildman–Crippen LogP) is 0.764. The van der Waals surface area contributed by atoms with Crippen LogP contribution in [0.15, 0.2) is 18.2 Å². The minimum Gasteiger partial charge on any atom is -0.497 e. The van der Waals surface area contributed by atoms with E-state index in [9.17, 15) is 0 Å². The first-order valence-corrected chi connectivity index (χ1v) is 6.47. The number of ether oxygens (including phenoxy) is 2. The highest BCUT2D eigenvalue weighted by Gasteiger charge is 2.04. The molecule has 0 bridgehead atoms. The van der Waals surface area contributed by atoms with E-state index in [2.05, 4.69) is 10.6 Å². The Labute approximate surface area is 114 Å². The van der Waals surface area contributed by atoms with Crippen molar-refractivity contribution in [3.63, 3.8) is 0 Å². The van der Waals surface area contributed by atoms with E-state index in [0.29, 0.717) is 6.54 Å². The molecule has 108 valence electrons. The molecule has 1 aromatic rings. The number of hydrogen-bond donors (Lipinski definition) is 3. The number of nitrogens with one attached hydrogen (secondary N) is 2. The molecule has 0 heterocycles. The Morgan fingerprint density at radius 2 is 1.89 bits per heavy atom. The second kappa shape index (κ2) is 8.74. The molecule has 0 aliphatic heterocycles. The maximum atomic E-state index is 9.09. The molecular weight excluding hydrogens is 244 g/mol. The smallest absolute Gasteiger partial charge is 0.127 e. The summed E-state index contributed by atoms with van der Waals surface area (Å²) in [6.07, 6.45) is -0.304. The summed E-state index contributed by atoms with van der Waals surface area (Å²) in [5.41, 5.74) is 1.10. The largest absolute Gasteiger partial charge is 0.497 e. The lowest BCUT2D eigenvalue weighted by Gasteiger charge is -2.12. The normalized spacial score (nSPS) is 12.2. The molecule has 1 aromatic carbocycles. The zero-order chi connectivity index (χ0) is 14.1. The zero-order valence-electron chi connectivity index (χ0n) is 11.9. The van der Waals surface area contributed by atoms with Gasteiger partial charge in [0.2, 0.25) is 0 Å². The average molecular weight is 268 g/mol. The highest BCUT2D eigenvalue weighted by molar-refractivity contribution is 5.40. The van der Waals surface area contributed by atoms with Crippen molar-refractivity contribution in [2.45, 2.75) is 19.6 Å². The van der Waals surface area contributed by atoms with Crippen LogP contribution in [0.1, 0.15) is 12.5 Å². The molecule has 0 aliphatic rings. The minimum atomic E-state index is -0.304. The standard InChI is InChI=1S/C14H24N2O3/c1-11(17)9-15-6-7-16-10-12-4-5-13(18-2)8-14(12)19-3/h4-5,8,11,15-17H,6-7,9-10H2,1-3H3/t11-/m0/s1. The molecular formula is C14H24N2O3. The van der Waals surface area contributed by atoms with E-state index in [-0.39, 0.29) is 6.10 Å². The third kappa shape index (κ3) is 5.92. The summed E-state index contributed by atoms with van der Waals surface area (Å²) in [6, 6.07) is 5.79. The van der Waals surface area contributed by atoms with Gasteiger partial charge in [-0.05, 0) is 13.0 Å². The second-order valence-corrected chi connectivity index (χ2v) is 4.41. The first kappa shape index (κ1) is 15.8. The third-order valence-electron chi connectivity index (χ3n) is 2.73. The first-order chi connectivity index (χ1) is 9.17. The van der Waals surface area contributed by atoms with Gasteiger partial charge in [-0.15, -0.1) is 0 Å². The molecule has 0 saturated heterocycles. The van der Waals surface area contributed by atoms with E-state index >= 15 is 0 Å². The van der Waals surface area contributed by atoms with Crippen LogP contribution in [0.25, 0.3) is 0 Å². The van der Waals surface area contributed by atoms with Gasteiger partial charge in [-0.1, -0.05) is 6.07 Å². The van der Waals surface area contributed by atoms with Gasteiger partial charge in [0.1, 0.15) is 11.5 Å². The highest BCUT2D eigenvalue weighted by Crippen LogP contribution is 2.24. The number of aliphatic hydroxyl groups is 1. The van der Waals surface area contributed by atoms with Crippen LogP contribution in [0.5, 0.6) is 11.5 Å². The molecule has 0 amide bonds. The molecule has 19 heavy (non-hydrogen) atoms. The van der Waals surface area contributed by atoms with Gasteiger partial charge in [-0.3, -0.25) is 0 Å². The monoisotopic (exact) mass is 268 g/mol. The molecule has 0 unspecified atom stereocenters. The predicted molar refractivity (Wildman–Crippen MR) is 75.8 cm³/mol. The number of aliphatic hydroxyl groups excluding tert-OH is 1. The van der Waals surface area contributed by atoms with Gasteiger partial charge in [0, 0.05) is 37.8 Å². The molecule has 0 radical (unpaired) electrons. The second-order valence-electron chi connectivity index (χ2n) is 4.41. The van der Waals surface area contributed by atoms with Gasteiger partial charge in [-0.2, -0.15) is 0 Å². The summed E-state index contributed by atoms with van der Waals surface area (Å²) in [6.45, 7) is 4.78. The number of methoxy groups -OCH3 is 2. The van der Waals surface area contributed by atoms with Crippen LogP contribution in [0.4, 0.5) is 0 Å². The van der Waals surface area contributed by atoms with Gasteiger partial charge in [0.15, 0.2) is 0 Å². The van der Waals surface area contributed by atoms with Crippen molar-refractivity contribution in [2.75, 3.05) is 33.9 Å². The fourth-order valence-electron chi connectivity index (χ4n) is 1.71. The van der Waals surface area contributed by atoms with E-state index in [0.717, 1.165) is 36.7 Å². The maximum Gasteiger partial charge on any atom is 0.127 e. The van der Waals surface area contributed by atoms with Crippen LogP contribution in [-0.4, -0.2) is 45.1 Å². The molecule has 1 atom stereocenters. The van der Waals surface area contributed by atoms with Crippen LogP contribution in [0, 0.1) is 0 Å². The van der Waals surface area contributed by atoms with Crippen molar-refractivity contribution in [3.8, 4) is 11.5 Å². The molecule has 0 fully saturated rings. The summed E-state index contributed by atoms with van der Waals surface area (Å²) in [4.78, 5) is 0. The molecule has 0 aliphatic carbocycles. The Morgan fingerprint density at radius 3 is 2.53 bits per heavy atom. The van der Waals surface area contributed by atoms with Crippen LogP contribution in [-0.2, 0) is 6.54 Å². The summed E-state index contributed by atoms with van der Waals surface area (Å²) in [5.74, 6) is 1.61. The Balaban J connectivity index is 2.32. The highest BCUT2D eigenvalue weighted by atomic mass is 16.5. The molecule has 1 rings (SSSR count). The molecule has 3 N–H and O–H groups in total. The third-order valence-corrected chi connectivity index (χ3v) is 2.73. The lowest BCUT2D eigenvalue weighted by Crippen LogP contribution is -2.31. The topological polar surface area (TPSA) is 62.8 Å². The molecule has 5 nitrogen and oxygen atoms in total. The van der Waals surface area contributed by atoms with E-state index in [1.54, 1.807) is 21.1 Å². The van der Waals surface area contributed by atoms with Crippen molar-refractivity contribution >= 4 is 0 Å². The van der Waals surface area contributed by atoms with Gasteiger partial charge in [0.25, 0.3) is 0 Å². The first-order valence-electron chi connectivity index (χ1n) is 6.47. The summed E-state index contributed by atoms with van der Waals surface area (Å²) >= 11 is 0. The lowest BCUT2D eigenvalue weighted by atomic mass is 10.2. The SMILES string of the molecule is COc1ccc(CNCCNC[C@H](C)O)c(OC)c1. The van der Waals surface area contributed by atoms with Crippen molar-refractivity contribution in [1.29, 1.82) is 0 Å². The fraction of sp³-hybridized carbons (Fsp3) is 0.571. The molecule has 5 heteroatoms. The summed E-state index contributed by atoms with van der Waals surface area (Å²) in [7, 11) is 3.29. The van der Waals surface area contributed by atoms with Crippen molar-refractivity contribution in [2.24, 2.45) is 0 Å². The Kier molecular flexibility index (Phi) is 7.25.